The van der Waals surface area contributed by atoms with Crippen molar-refractivity contribution >= 4 is 15.9 Å². The molecule has 140 valence electrons. The third kappa shape index (κ3) is 5.28. The molecule has 0 spiro atoms. The van der Waals surface area contributed by atoms with Gasteiger partial charge in [0.1, 0.15) is 0 Å². The monoisotopic (exact) mass is 366 g/mol. The van der Waals surface area contributed by atoms with E-state index in [4.69, 9.17) is 0 Å². The van der Waals surface area contributed by atoms with E-state index in [1.807, 2.05) is 0 Å². The SMILES string of the molecule is CCCC[C@H](CC)CNC(=O)c1cccc(S(=O)(=O)N2CCCC2)c1. The first-order valence-electron chi connectivity index (χ1n) is 9.37. The number of hydrogen-bond acceptors (Lipinski definition) is 3. The smallest absolute Gasteiger partial charge is 0.251 e. The minimum absolute atomic E-state index is 0.201. The maximum absolute atomic E-state index is 12.6. The Morgan fingerprint density at radius 3 is 2.60 bits per heavy atom. The molecule has 1 atom stereocenters. The van der Waals surface area contributed by atoms with Gasteiger partial charge in [-0.1, -0.05) is 39.2 Å². The van der Waals surface area contributed by atoms with Crippen LogP contribution in [0.2, 0.25) is 0 Å². The molecular formula is C19H30N2O3S. The summed E-state index contributed by atoms with van der Waals surface area (Å²) in [5, 5.41) is 2.96. The van der Waals surface area contributed by atoms with Crippen LogP contribution in [0.3, 0.4) is 0 Å². The van der Waals surface area contributed by atoms with Crippen LogP contribution in [0.4, 0.5) is 0 Å². The normalized spacial score (nSPS) is 16.7. The van der Waals surface area contributed by atoms with Gasteiger partial charge in [0.25, 0.3) is 5.91 Å². The molecule has 1 aromatic rings. The van der Waals surface area contributed by atoms with Crippen molar-refractivity contribution in [1.29, 1.82) is 0 Å². The number of rotatable bonds is 9. The maximum Gasteiger partial charge on any atom is 0.251 e. The van der Waals surface area contributed by atoms with E-state index in [0.29, 0.717) is 31.1 Å². The van der Waals surface area contributed by atoms with Gasteiger partial charge in [0, 0.05) is 25.2 Å². The van der Waals surface area contributed by atoms with Crippen molar-refractivity contribution in [3.63, 3.8) is 0 Å². The van der Waals surface area contributed by atoms with Gasteiger partial charge in [-0.05, 0) is 43.4 Å². The topological polar surface area (TPSA) is 66.5 Å². The second kappa shape index (κ2) is 9.34. The van der Waals surface area contributed by atoms with Crippen LogP contribution in [0.15, 0.2) is 29.2 Å². The highest BCUT2D eigenvalue weighted by Gasteiger charge is 2.27. The lowest BCUT2D eigenvalue weighted by Crippen LogP contribution is -2.30. The molecule has 1 fully saturated rings. The third-order valence-electron chi connectivity index (χ3n) is 4.89. The van der Waals surface area contributed by atoms with Crippen molar-refractivity contribution in [2.75, 3.05) is 19.6 Å². The van der Waals surface area contributed by atoms with E-state index in [9.17, 15) is 13.2 Å². The second-order valence-electron chi connectivity index (χ2n) is 6.77. The number of amides is 1. The van der Waals surface area contributed by atoms with Crippen molar-refractivity contribution in [1.82, 2.24) is 9.62 Å². The summed E-state index contributed by atoms with van der Waals surface area (Å²) < 4.78 is 26.8. The highest BCUT2D eigenvalue weighted by Crippen LogP contribution is 2.21. The molecule has 2 rings (SSSR count). The number of nitrogens with zero attached hydrogens (tertiary/aromatic N) is 1. The quantitative estimate of drug-likeness (QED) is 0.728. The molecule has 0 saturated carbocycles. The Morgan fingerprint density at radius 2 is 1.96 bits per heavy atom. The van der Waals surface area contributed by atoms with Gasteiger partial charge in [-0.25, -0.2) is 8.42 Å². The summed E-state index contributed by atoms with van der Waals surface area (Å²) >= 11 is 0. The van der Waals surface area contributed by atoms with E-state index in [-0.39, 0.29) is 10.8 Å². The highest BCUT2D eigenvalue weighted by molar-refractivity contribution is 7.89. The van der Waals surface area contributed by atoms with Crippen LogP contribution < -0.4 is 5.32 Å². The number of hydrogen-bond donors (Lipinski definition) is 1. The molecule has 5 nitrogen and oxygen atoms in total. The van der Waals surface area contributed by atoms with Gasteiger partial charge >= 0.3 is 0 Å². The van der Waals surface area contributed by atoms with Gasteiger partial charge in [0.2, 0.25) is 10.0 Å². The molecule has 0 radical (unpaired) electrons. The van der Waals surface area contributed by atoms with Crippen LogP contribution in [0.5, 0.6) is 0 Å². The van der Waals surface area contributed by atoms with Gasteiger partial charge < -0.3 is 5.32 Å². The number of sulfonamides is 1. The Balaban J connectivity index is 2.03. The van der Waals surface area contributed by atoms with Crippen molar-refractivity contribution in [3.05, 3.63) is 29.8 Å². The molecule has 1 aliphatic heterocycles. The molecule has 1 saturated heterocycles. The number of unbranched alkanes of at least 4 members (excludes halogenated alkanes) is 1. The summed E-state index contributed by atoms with van der Waals surface area (Å²) in [6, 6.07) is 6.38. The van der Waals surface area contributed by atoms with E-state index < -0.39 is 10.0 Å². The lowest BCUT2D eigenvalue weighted by molar-refractivity contribution is 0.0945. The second-order valence-corrected chi connectivity index (χ2v) is 8.70. The van der Waals surface area contributed by atoms with Crippen molar-refractivity contribution < 1.29 is 13.2 Å². The number of benzene rings is 1. The van der Waals surface area contributed by atoms with Gasteiger partial charge in [-0.3, -0.25) is 4.79 Å². The molecule has 1 N–H and O–H groups in total. The summed E-state index contributed by atoms with van der Waals surface area (Å²) in [7, 11) is -3.49. The van der Waals surface area contributed by atoms with Crippen LogP contribution >= 0.6 is 0 Å². The van der Waals surface area contributed by atoms with Crippen molar-refractivity contribution in [2.24, 2.45) is 5.92 Å². The molecular weight excluding hydrogens is 336 g/mol. The molecule has 0 aromatic heterocycles. The maximum atomic E-state index is 12.6. The minimum Gasteiger partial charge on any atom is -0.352 e. The first-order valence-corrected chi connectivity index (χ1v) is 10.8. The van der Waals surface area contributed by atoms with Gasteiger partial charge in [-0.2, -0.15) is 4.31 Å². The van der Waals surface area contributed by atoms with Crippen molar-refractivity contribution in [3.8, 4) is 0 Å². The Kier molecular flexibility index (Phi) is 7.44. The van der Waals surface area contributed by atoms with Gasteiger partial charge in [0.05, 0.1) is 4.90 Å². The number of carbonyl (C=O) groups is 1. The highest BCUT2D eigenvalue weighted by atomic mass is 32.2. The van der Waals surface area contributed by atoms with Crippen LogP contribution in [0.25, 0.3) is 0 Å². The Bertz CT molecular complexity index is 667. The zero-order chi connectivity index (χ0) is 18.3. The molecule has 6 heteroatoms. The Labute approximate surface area is 151 Å². The average Bonchev–Trinajstić information content (AvgIpc) is 3.17. The van der Waals surface area contributed by atoms with E-state index in [2.05, 4.69) is 19.2 Å². The third-order valence-corrected chi connectivity index (χ3v) is 6.79. The van der Waals surface area contributed by atoms with Crippen LogP contribution in [-0.4, -0.2) is 38.3 Å². The van der Waals surface area contributed by atoms with Crippen LogP contribution in [0, 0.1) is 5.92 Å². The summed E-state index contributed by atoms with van der Waals surface area (Å²) in [5.74, 6) is 0.272. The molecule has 1 aliphatic rings. The molecule has 0 aliphatic carbocycles. The molecule has 1 heterocycles. The van der Waals surface area contributed by atoms with Gasteiger partial charge in [0.15, 0.2) is 0 Å². The van der Waals surface area contributed by atoms with E-state index in [1.165, 1.54) is 10.4 Å². The zero-order valence-corrected chi connectivity index (χ0v) is 16.1. The first kappa shape index (κ1) is 19.9. The summed E-state index contributed by atoms with van der Waals surface area (Å²) in [6.45, 7) is 6.06. The zero-order valence-electron chi connectivity index (χ0n) is 15.3. The van der Waals surface area contributed by atoms with E-state index >= 15 is 0 Å². The fourth-order valence-electron chi connectivity index (χ4n) is 3.16. The summed E-state index contributed by atoms with van der Waals surface area (Å²) in [4.78, 5) is 12.6. The van der Waals surface area contributed by atoms with E-state index in [1.54, 1.807) is 18.2 Å². The molecule has 25 heavy (non-hydrogen) atoms. The lowest BCUT2D eigenvalue weighted by Gasteiger charge is -2.17. The fraction of sp³-hybridized carbons (Fsp3) is 0.632. The molecule has 0 unspecified atom stereocenters. The summed E-state index contributed by atoms with van der Waals surface area (Å²) in [5.41, 5.74) is 0.408. The first-order chi connectivity index (χ1) is 12.0. The molecule has 1 aromatic carbocycles. The largest absolute Gasteiger partial charge is 0.352 e. The minimum atomic E-state index is -3.49. The number of carbonyl (C=O) groups excluding carboxylic acids is 1. The van der Waals surface area contributed by atoms with Crippen LogP contribution in [-0.2, 0) is 10.0 Å². The van der Waals surface area contributed by atoms with Gasteiger partial charge in [-0.15, -0.1) is 0 Å². The lowest BCUT2D eigenvalue weighted by atomic mass is 9.99. The van der Waals surface area contributed by atoms with E-state index in [0.717, 1.165) is 38.5 Å². The predicted octanol–water partition coefficient (Wildman–Crippen LogP) is 3.42. The Hall–Kier alpha value is -1.40. The van der Waals surface area contributed by atoms with Crippen molar-refractivity contribution in [2.45, 2.75) is 57.3 Å². The fourth-order valence-corrected chi connectivity index (χ4v) is 4.72. The Morgan fingerprint density at radius 1 is 1.24 bits per heavy atom. The average molecular weight is 367 g/mol. The molecule has 1 amide bonds. The number of nitrogens with one attached hydrogen (secondary N) is 1. The predicted molar refractivity (Wildman–Crippen MR) is 100 cm³/mol. The summed E-state index contributed by atoms with van der Waals surface area (Å²) in [6.07, 6.45) is 6.25. The molecule has 0 bridgehead atoms. The standard InChI is InChI=1S/C19H30N2O3S/c1-3-5-9-16(4-2)15-20-19(22)17-10-8-11-18(14-17)25(23,24)21-12-6-7-13-21/h8,10-11,14,16H,3-7,9,12-13,15H2,1-2H3,(H,20,22)/t16-/m0/s1. The van der Waals surface area contributed by atoms with Crippen LogP contribution in [0.1, 0.15) is 62.7 Å².